The van der Waals surface area contributed by atoms with Crippen LogP contribution in [0.3, 0.4) is 0 Å². The Bertz CT molecular complexity index is 431. The molecule has 1 unspecified atom stereocenters. The van der Waals surface area contributed by atoms with E-state index in [1.807, 2.05) is 0 Å². The molecule has 2 heteroatoms. The van der Waals surface area contributed by atoms with Crippen LogP contribution in [0, 0.1) is 12.8 Å². The normalized spacial score (nSPS) is 26.1. The van der Waals surface area contributed by atoms with Crippen molar-refractivity contribution in [3.8, 4) is 0 Å². The fourth-order valence-electron chi connectivity index (χ4n) is 3.95. The molecule has 2 fully saturated rings. The molecule has 0 bridgehead atoms. The summed E-state index contributed by atoms with van der Waals surface area (Å²) in [6, 6.07) is 9.89. The van der Waals surface area contributed by atoms with Gasteiger partial charge in [0, 0.05) is 19.1 Å². The molecular weight excluding hydrogens is 256 g/mol. The minimum atomic E-state index is 0.849. The zero-order valence-corrected chi connectivity index (χ0v) is 13.7. The van der Waals surface area contributed by atoms with Gasteiger partial charge in [-0.15, -0.1) is 0 Å². The second-order valence-corrected chi connectivity index (χ2v) is 7.24. The van der Waals surface area contributed by atoms with Crippen molar-refractivity contribution < 1.29 is 0 Å². The predicted octanol–water partition coefficient (Wildman–Crippen LogP) is 3.69. The maximum atomic E-state index is 2.78. The third-order valence-corrected chi connectivity index (χ3v) is 5.29. The van der Waals surface area contributed by atoms with Gasteiger partial charge < -0.3 is 4.90 Å². The number of hydrogen-bond donors (Lipinski definition) is 0. The molecule has 2 saturated heterocycles. The van der Waals surface area contributed by atoms with Crippen molar-refractivity contribution in [3.05, 3.63) is 35.4 Å². The van der Waals surface area contributed by atoms with Gasteiger partial charge in [-0.05, 0) is 63.7 Å². The van der Waals surface area contributed by atoms with Crippen LogP contribution in [0.4, 0.5) is 0 Å². The first-order valence-corrected chi connectivity index (χ1v) is 8.72. The molecule has 0 saturated carbocycles. The zero-order valence-electron chi connectivity index (χ0n) is 13.7. The van der Waals surface area contributed by atoms with Crippen LogP contribution < -0.4 is 0 Å². The number of piperidine rings is 2. The second kappa shape index (κ2) is 6.93. The van der Waals surface area contributed by atoms with Gasteiger partial charge in [0.2, 0.25) is 0 Å². The van der Waals surface area contributed by atoms with Crippen molar-refractivity contribution >= 4 is 0 Å². The molecule has 0 aliphatic carbocycles. The highest BCUT2D eigenvalue weighted by molar-refractivity contribution is 5.21. The monoisotopic (exact) mass is 286 g/mol. The molecule has 2 aliphatic rings. The third-order valence-electron chi connectivity index (χ3n) is 5.29. The number of benzene rings is 1. The molecule has 2 heterocycles. The molecule has 1 atom stereocenters. The number of nitrogens with zero attached hydrogens (tertiary/aromatic N) is 2. The molecule has 3 rings (SSSR count). The van der Waals surface area contributed by atoms with Crippen LogP contribution in [0.25, 0.3) is 0 Å². The van der Waals surface area contributed by atoms with Crippen LogP contribution in [0.1, 0.15) is 43.7 Å². The summed E-state index contributed by atoms with van der Waals surface area (Å²) in [5.41, 5.74) is 2.82. The molecular formula is C19H30N2. The Morgan fingerprint density at radius 1 is 1.00 bits per heavy atom. The fraction of sp³-hybridized carbons (Fsp3) is 0.684. The molecule has 116 valence electrons. The highest BCUT2D eigenvalue weighted by Gasteiger charge is 2.27. The Morgan fingerprint density at radius 3 is 2.38 bits per heavy atom. The van der Waals surface area contributed by atoms with E-state index < -0.39 is 0 Å². The van der Waals surface area contributed by atoms with Gasteiger partial charge in [-0.1, -0.05) is 36.8 Å². The molecule has 0 amide bonds. The first-order chi connectivity index (χ1) is 10.2. The molecule has 0 radical (unpaired) electrons. The van der Waals surface area contributed by atoms with Gasteiger partial charge in [0.05, 0.1) is 0 Å². The van der Waals surface area contributed by atoms with Gasteiger partial charge >= 0.3 is 0 Å². The lowest BCUT2D eigenvalue weighted by Gasteiger charge is -2.41. The first kappa shape index (κ1) is 15.1. The van der Waals surface area contributed by atoms with E-state index in [1.54, 1.807) is 0 Å². The highest BCUT2D eigenvalue weighted by Crippen LogP contribution is 2.24. The smallest absolute Gasteiger partial charge is 0.0233 e. The average molecular weight is 286 g/mol. The Hall–Kier alpha value is -0.860. The van der Waals surface area contributed by atoms with Crippen LogP contribution in [0.15, 0.2) is 24.3 Å². The van der Waals surface area contributed by atoms with Gasteiger partial charge in [0.25, 0.3) is 0 Å². The van der Waals surface area contributed by atoms with Crippen molar-refractivity contribution in [2.75, 3.05) is 26.2 Å². The van der Waals surface area contributed by atoms with E-state index in [1.165, 1.54) is 63.0 Å². The first-order valence-electron chi connectivity index (χ1n) is 8.72. The molecule has 21 heavy (non-hydrogen) atoms. The summed E-state index contributed by atoms with van der Waals surface area (Å²) < 4.78 is 0. The number of likely N-dealkylation sites (tertiary alicyclic amines) is 2. The number of aryl methyl sites for hydroxylation is 1. The van der Waals surface area contributed by atoms with Gasteiger partial charge in [0.1, 0.15) is 0 Å². The van der Waals surface area contributed by atoms with E-state index in [0.29, 0.717) is 0 Å². The van der Waals surface area contributed by atoms with Crippen LogP contribution in [0.2, 0.25) is 0 Å². The van der Waals surface area contributed by atoms with Crippen molar-refractivity contribution in [2.45, 2.75) is 52.1 Å². The van der Waals surface area contributed by atoms with Crippen molar-refractivity contribution in [3.63, 3.8) is 0 Å². The maximum Gasteiger partial charge on any atom is 0.0233 e. The number of rotatable bonds is 3. The predicted molar refractivity (Wildman–Crippen MR) is 89.4 cm³/mol. The molecule has 2 aliphatic heterocycles. The largest absolute Gasteiger partial charge is 0.300 e. The molecule has 2 nitrogen and oxygen atoms in total. The third kappa shape index (κ3) is 4.08. The summed E-state index contributed by atoms with van der Waals surface area (Å²) in [5, 5.41) is 0. The lowest BCUT2D eigenvalue weighted by atomic mass is 9.95. The summed E-state index contributed by atoms with van der Waals surface area (Å²) in [4.78, 5) is 5.41. The fourth-order valence-corrected chi connectivity index (χ4v) is 3.95. The Balaban J connectivity index is 1.47. The van der Waals surface area contributed by atoms with Crippen LogP contribution in [-0.2, 0) is 6.54 Å². The topological polar surface area (TPSA) is 6.48 Å². The summed E-state index contributed by atoms with van der Waals surface area (Å²) in [6.07, 6.45) is 5.56. The van der Waals surface area contributed by atoms with E-state index in [9.17, 15) is 0 Å². The second-order valence-electron chi connectivity index (χ2n) is 7.24. The molecule has 0 N–H and O–H groups in total. The van der Waals surface area contributed by atoms with Crippen molar-refractivity contribution in [1.82, 2.24) is 9.80 Å². The average Bonchev–Trinajstić information content (AvgIpc) is 2.50. The number of hydrogen-bond acceptors (Lipinski definition) is 2. The lowest BCUT2D eigenvalue weighted by Crippen LogP contribution is -2.47. The molecule has 0 aromatic heterocycles. The summed E-state index contributed by atoms with van der Waals surface area (Å²) in [6.45, 7) is 10.9. The van der Waals surface area contributed by atoms with E-state index in [0.717, 1.165) is 18.5 Å². The quantitative estimate of drug-likeness (QED) is 0.836. The van der Waals surface area contributed by atoms with Gasteiger partial charge in [-0.2, -0.15) is 0 Å². The highest BCUT2D eigenvalue weighted by atomic mass is 15.2. The molecule has 1 aromatic carbocycles. The Labute approximate surface area is 130 Å². The van der Waals surface area contributed by atoms with Crippen LogP contribution in [0.5, 0.6) is 0 Å². The minimum absolute atomic E-state index is 0.849. The Morgan fingerprint density at radius 2 is 1.71 bits per heavy atom. The Kier molecular flexibility index (Phi) is 4.97. The lowest BCUT2D eigenvalue weighted by molar-refractivity contribution is 0.0729. The van der Waals surface area contributed by atoms with E-state index in [-0.39, 0.29) is 0 Å². The molecule has 1 aromatic rings. The summed E-state index contributed by atoms with van der Waals surface area (Å²) >= 11 is 0. The SMILES string of the molecule is Cc1ccc(CN2CCC(N3CCCC(C)C3)CC2)cc1. The van der Waals surface area contributed by atoms with Crippen LogP contribution in [-0.4, -0.2) is 42.0 Å². The van der Waals surface area contributed by atoms with Gasteiger partial charge in [0.15, 0.2) is 0 Å². The van der Waals surface area contributed by atoms with E-state index >= 15 is 0 Å². The van der Waals surface area contributed by atoms with Crippen molar-refractivity contribution in [2.24, 2.45) is 5.92 Å². The van der Waals surface area contributed by atoms with Crippen LogP contribution >= 0.6 is 0 Å². The summed E-state index contributed by atoms with van der Waals surface area (Å²) in [5.74, 6) is 0.907. The van der Waals surface area contributed by atoms with Crippen molar-refractivity contribution in [1.29, 1.82) is 0 Å². The van der Waals surface area contributed by atoms with E-state index in [4.69, 9.17) is 0 Å². The summed E-state index contributed by atoms with van der Waals surface area (Å²) in [7, 11) is 0. The maximum absolute atomic E-state index is 2.78. The zero-order chi connectivity index (χ0) is 14.7. The standard InChI is InChI=1S/C19H30N2/c1-16-5-7-18(8-6-16)15-20-12-9-19(10-13-20)21-11-3-4-17(2)14-21/h5-8,17,19H,3-4,9-15H2,1-2H3. The van der Waals surface area contributed by atoms with Gasteiger partial charge in [-0.25, -0.2) is 0 Å². The minimum Gasteiger partial charge on any atom is -0.300 e. The molecule has 0 spiro atoms. The van der Waals surface area contributed by atoms with Gasteiger partial charge in [-0.3, -0.25) is 4.90 Å². The van der Waals surface area contributed by atoms with E-state index in [2.05, 4.69) is 47.9 Å².